The van der Waals surface area contributed by atoms with E-state index in [0.29, 0.717) is 17.7 Å². The number of ether oxygens (including phenoxy) is 1. The van der Waals surface area contributed by atoms with Crippen molar-refractivity contribution in [2.45, 2.75) is 12.8 Å². The maximum atomic E-state index is 13.5. The molecule has 0 saturated heterocycles. The third-order valence-electron chi connectivity index (χ3n) is 2.33. The molecule has 0 radical (unpaired) electrons. The lowest BCUT2D eigenvalue weighted by molar-refractivity contribution is 0.386. The lowest BCUT2D eigenvalue weighted by atomic mass is 10.1. The van der Waals surface area contributed by atoms with Crippen LogP contribution in [-0.2, 0) is 6.42 Å². The van der Waals surface area contributed by atoms with Gasteiger partial charge >= 0.3 is 0 Å². The number of halogens is 1. The average molecular weight is 211 g/mol. The van der Waals surface area contributed by atoms with Gasteiger partial charge in [-0.25, -0.2) is 4.39 Å². The second-order valence-corrected chi connectivity index (χ2v) is 3.83. The van der Waals surface area contributed by atoms with E-state index in [9.17, 15) is 4.39 Å². The van der Waals surface area contributed by atoms with Crippen molar-refractivity contribution in [2.75, 3.05) is 27.7 Å². The Kier molecular flexibility index (Phi) is 4.56. The van der Waals surface area contributed by atoms with Gasteiger partial charge in [0.25, 0.3) is 0 Å². The second kappa shape index (κ2) is 5.71. The monoisotopic (exact) mass is 211 g/mol. The van der Waals surface area contributed by atoms with Crippen LogP contribution in [0.2, 0.25) is 0 Å². The zero-order valence-electron chi connectivity index (χ0n) is 9.59. The van der Waals surface area contributed by atoms with Crippen LogP contribution in [0.1, 0.15) is 12.0 Å². The number of rotatable bonds is 5. The highest BCUT2D eigenvalue weighted by Gasteiger charge is 2.08. The zero-order valence-corrected chi connectivity index (χ0v) is 9.59. The van der Waals surface area contributed by atoms with Gasteiger partial charge < -0.3 is 9.64 Å². The number of hydrogen-bond acceptors (Lipinski definition) is 2. The van der Waals surface area contributed by atoms with Gasteiger partial charge in [-0.15, -0.1) is 0 Å². The molecule has 0 fully saturated rings. The van der Waals surface area contributed by atoms with Crippen LogP contribution in [0.5, 0.6) is 5.75 Å². The van der Waals surface area contributed by atoms with E-state index in [1.807, 2.05) is 14.1 Å². The zero-order chi connectivity index (χ0) is 11.3. The van der Waals surface area contributed by atoms with Gasteiger partial charge in [0.2, 0.25) is 0 Å². The van der Waals surface area contributed by atoms with Crippen LogP contribution in [0.3, 0.4) is 0 Å². The van der Waals surface area contributed by atoms with Gasteiger partial charge in [0.05, 0.1) is 7.11 Å². The third-order valence-corrected chi connectivity index (χ3v) is 2.33. The average Bonchev–Trinajstić information content (AvgIpc) is 2.20. The molecule has 0 bridgehead atoms. The minimum atomic E-state index is -0.173. The molecule has 0 N–H and O–H groups in total. The fourth-order valence-corrected chi connectivity index (χ4v) is 1.54. The van der Waals surface area contributed by atoms with E-state index < -0.39 is 0 Å². The molecule has 0 aromatic heterocycles. The molecule has 0 unspecified atom stereocenters. The number of hydrogen-bond donors (Lipinski definition) is 0. The quantitative estimate of drug-likeness (QED) is 0.741. The maximum absolute atomic E-state index is 13.5. The summed E-state index contributed by atoms with van der Waals surface area (Å²) in [4.78, 5) is 2.09. The molecular weight excluding hydrogens is 193 g/mol. The van der Waals surface area contributed by atoms with Gasteiger partial charge in [0.15, 0.2) is 0 Å². The van der Waals surface area contributed by atoms with Crippen molar-refractivity contribution in [2.24, 2.45) is 0 Å². The Balaban J connectivity index is 2.66. The minimum Gasteiger partial charge on any atom is -0.496 e. The Morgan fingerprint density at radius 1 is 1.33 bits per heavy atom. The fraction of sp³-hybridized carbons (Fsp3) is 0.500. The van der Waals surface area contributed by atoms with Crippen molar-refractivity contribution in [3.05, 3.63) is 29.6 Å². The van der Waals surface area contributed by atoms with Crippen LogP contribution in [0.4, 0.5) is 4.39 Å². The van der Waals surface area contributed by atoms with E-state index in [4.69, 9.17) is 4.74 Å². The highest BCUT2D eigenvalue weighted by atomic mass is 19.1. The summed E-state index contributed by atoms with van der Waals surface area (Å²) >= 11 is 0. The molecule has 2 nitrogen and oxygen atoms in total. The van der Waals surface area contributed by atoms with Crippen LogP contribution >= 0.6 is 0 Å². The van der Waals surface area contributed by atoms with Crippen molar-refractivity contribution in [3.63, 3.8) is 0 Å². The van der Waals surface area contributed by atoms with E-state index in [2.05, 4.69) is 4.90 Å². The topological polar surface area (TPSA) is 12.5 Å². The molecule has 1 aromatic carbocycles. The fourth-order valence-electron chi connectivity index (χ4n) is 1.54. The smallest absolute Gasteiger partial charge is 0.130 e. The Bertz CT molecular complexity index is 312. The predicted octanol–water partition coefficient (Wildman–Crippen LogP) is 2.33. The van der Waals surface area contributed by atoms with Crippen molar-refractivity contribution in [1.29, 1.82) is 0 Å². The van der Waals surface area contributed by atoms with E-state index in [1.54, 1.807) is 19.2 Å². The minimum absolute atomic E-state index is 0.173. The Labute approximate surface area is 90.7 Å². The number of benzene rings is 1. The molecule has 0 aliphatic carbocycles. The van der Waals surface area contributed by atoms with Gasteiger partial charge in [-0.05, 0) is 45.6 Å². The van der Waals surface area contributed by atoms with Gasteiger partial charge in [-0.2, -0.15) is 0 Å². The molecule has 0 atom stereocenters. The van der Waals surface area contributed by atoms with Gasteiger partial charge in [-0.3, -0.25) is 0 Å². The van der Waals surface area contributed by atoms with E-state index in [1.165, 1.54) is 6.07 Å². The van der Waals surface area contributed by atoms with Crippen LogP contribution in [0.15, 0.2) is 18.2 Å². The molecule has 0 heterocycles. The lowest BCUT2D eigenvalue weighted by Crippen LogP contribution is -2.14. The Hall–Kier alpha value is -1.09. The van der Waals surface area contributed by atoms with Crippen molar-refractivity contribution in [3.8, 4) is 5.75 Å². The van der Waals surface area contributed by atoms with Crippen molar-refractivity contribution >= 4 is 0 Å². The standard InChI is InChI=1S/C12H18FNO/c1-14(2)9-5-6-10-11(13)7-4-8-12(10)15-3/h4,7-8H,5-6,9H2,1-3H3. The largest absolute Gasteiger partial charge is 0.496 e. The molecular formula is C12H18FNO. The van der Waals surface area contributed by atoms with Crippen LogP contribution in [-0.4, -0.2) is 32.6 Å². The molecule has 1 aromatic rings. The summed E-state index contributed by atoms with van der Waals surface area (Å²) in [5.41, 5.74) is 0.682. The second-order valence-electron chi connectivity index (χ2n) is 3.83. The Morgan fingerprint density at radius 3 is 2.67 bits per heavy atom. The van der Waals surface area contributed by atoms with Gasteiger partial charge in [-0.1, -0.05) is 6.07 Å². The maximum Gasteiger partial charge on any atom is 0.130 e. The highest BCUT2D eigenvalue weighted by Crippen LogP contribution is 2.22. The molecule has 3 heteroatoms. The molecule has 15 heavy (non-hydrogen) atoms. The molecule has 84 valence electrons. The van der Waals surface area contributed by atoms with Crippen molar-refractivity contribution < 1.29 is 9.13 Å². The molecule has 0 aliphatic heterocycles. The van der Waals surface area contributed by atoms with Gasteiger partial charge in [0.1, 0.15) is 11.6 Å². The summed E-state index contributed by atoms with van der Waals surface area (Å²) in [6.07, 6.45) is 1.65. The SMILES string of the molecule is COc1cccc(F)c1CCCN(C)C. The summed E-state index contributed by atoms with van der Waals surface area (Å²) in [6.45, 7) is 0.956. The number of methoxy groups -OCH3 is 1. The first-order valence-electron chi connectivity index (χ1n) is 5.11. The van der Waals surface area contributed by atoms with E-state index >= 15 is 0 Å². The lowest BCUT2D eigenvalue weighted by Gasteiger charge is -2.11. The van der Waals surface area contributed by atoms with Crippen molar-refractivity contribution in [1.82, 2.24) is 4.90 Å². The molecule has 0 aliphatic rings. The first kappa shape index (κ1) is 12.0. The highest BCUT2D eigenvalue weighted by molar-refractivity contribution is 5.34. The van der Waals surface area contributed by atoms with Crippen LogP contribution in [0.25, 0.3) is 0 Å². The van der Waals surface area contributed by atoms with E-state index in [-0.39, 0.29) is 5.82 Å². The first-order chi connectivity index (χ1) is 7.15. The summed E-state index contributed by atoms with van der Waals surface area (Å²) in [5, 5.41) is 0. The first-order valence-corrected chi connectivity index (χ1v) is 5.11. The predicted molar refractivity (Wildman–Crippen MR) is 59.8 cm³/mol. The molecule has 0 saturated carbocycles. The molecule has 0 amide bonds. The third kappa shape index (κ3) is 3.51. The van der Waals surface area contributed by atoms with E-state index in [0.717, 1.165) is 13.0 Å². The summed E-state index contributed by atoms with van der Waals surface area (Å²) in [6, 6.07) is 4.95. The number of nitrogens with zero attached hydrogens (tertiary/aromatic N) is 1. The summed E-state index contributed by atoms with van der Waals surface area (Å²) in [5.74, 6) is 0.474. The normalized spacial score (nSPS) is 10.7. The van der Waals surface area contributed by atoms with Crippen LogP contribution in [0, 0.1) is 5.82 Å². The van der Waals surface area contributed by atoms with Crippen LogP contribution < -0.4 is 4.74 Å². The van der Waals surface area contributed by atoms with Gasteiger partial charge in [0, 0.05) is 5.56 Å². The molecule has 0 spiro atoms. The summed E-state index contributed by atoms with van der Waals surface area (Å²) in [7, 11) is 5.60. The summed E-state index contributed by atoms with van der Waals surface area (Å²) < 4.78 is 18.6. The Morgan fingerprint density at radius 2 is 2.07 bits per heavy atom. The molecule has 1 rings (SSSR count).